The Morgan fingerprint density at radius 1 is 1.27 bits per heavy atom. The van der Waals surface area contributed by atoms with Crippen molar-refractivity contribution >= 4 is 39.8 Å². The monoisotopic (exact) mass is 336 g/mol. The maximum absolute atomic E-state index is 12.3. The van der Waals surface area contributed by atoms with Crippen LogP contribution in [0.4, 0.5) is 10.8 Å². The quantitative estimate of drug-likeness (QED) is 0.783. The number of carbonyl (C=O) groups is 1. The van der Waals surface area contributed by atoms with E-state index in [-0.39, 0.29) is 11.2 Å². The molecular weight excluding hydrogens is 316 g/mol. The fourth-order valence-corrected chi connectivity index (χ4v) is 3.95. The predicted molar refractivity (Wildman–Crippen MR) is 92.9 cm³/mol. The molecule has 1 aromatic carbocycles. The van der Waals surface area contributed by atoms with Gasteiger partial charge < -0.3 is 10.2 Å². The second kappa shape index (κ2) is 8.14. The Bertz CT molecular complexity index is 599. The predicted octanol–water partition coefficient (Wildman–Crippen LogP) is 3.63. The average molecular weight is 336 g/mol. The highest BCUT2D eigenvalue weighted by atomic mass is 32.2. The summed E-state index contributed by atoms with van der Waals surface area (Å²) in [7, 11) is 0. The van der Waals surface area contributed by atoms with Crippen LogP contribution >= 0.6 is 23.1 Å². The van der Waals surface area contributed by atoms with Crippen molar-refractivity contribution in [2.75, 3.05) is 18.4 Å². The van der Waals surface area contributed by atoms with E-state index in [9.17, 15) is 4.79 Å². The van der Waals surface area contributed by atoms with Gasteiger partial charge in [0.15, 0.2) is 4.34 Å². The van der Waals surface area contributed by atoms with Gasteiger partial charge in [0.2, 0.25) is 11.0 Å². The van der Waals surface area contributed by atoms with Crippen molar-refractivity contribution in [1.82, 2.24) is 15.1 Å². The van der Waals surface area contributed by atoms with Crippen LogP contribution in [-0.2, 0) is 4.79 Å². The van der Waals surface area contributed by atoms with Crippen molar-refractivity contribution in [3.63, 3.8) is 0 Å². The second-order valence-corrected chi connectivity index (χ2v) is 7.20. The van der Waals surface area contributed by atoms with Gasteiger partial charge in [-0.05, 0) is 32.9 Å². The van der Waals surface area contributed by atoms with Crippen LogP contribution in [0, 0.1) is 0 Å². The Hall–Kier alpha value is -1.60. The fraction of sp³-hybridized carbons (Fsp3) is 0.400. The molecule has 1 aromatic heterocycles. The molecule has 1 N–H and O–H groups in total. The van der Waals surface area contributed by atoms with Crippen LogP contribution in [0.3, 0.4) is 0 Å². The van der Waals surface area contributed by atoms with Crippen LogP contribution in [0.2, 0.25) is 0 Å². The molecule has 0 bridgehead atoms. The van der Waals surface area contributed by atoms with Gasteiger partial charge in [0.05, 0.1) is 5.25 Å². The third-order valence-electron chi connectivity index (χ3n) is 3.13. The summed E-state index contributed by atoms with van der Waals surface area (Å²) in [5.74, 6) is 0.141. The number of aromatic nitrogens is 2. The molecule has 118 valence electrons. The minimum atomic E-state index is -0.155. The Balaban J connectivity index is 1.95. The Labute approximate surface area is 139 Å². The molecule has 0 saturated heterocycles. The summed E-state index contributed by atoms with van der Waals surface area (Å²) in [5, 5.41) is 12.1. The molecule has 1 amide bonds. The lowest BCUT2D eigenvalue weighted by Crippen LogP contribution is -2.36. The zero-order valence-electron chi connectivity index (χ0n) is 12.9. The lowest BCUT2D eigenvalue weighted by molar-refractivity contribution is -0.129. The van der Waals surface area contributed by atoms with E-state index in [2.05, 4.69) is 15.5 Å². The number of nitrogens with one attached hydrogen (secondary N) is 1. The van der Waals surface area contributed by atoms with Gasteiger partial charge in [0, 0.05) is 18.8 Å². The first-order valence-corrected chi connectivity index (χ1v) is 8.94. The molecule has 0 aliphatic heterocycles. The van der Waals surface area contributed by atoms with Gasteiger partial charge in [-0.3, -0.25) is 4.79 Å². The topological polar surface area (TPSA) is 58.1 Å². The number of hydrogen-bond donors (Lipinski definition) is 1. The first kappa shape index (κ1) is 16.8. The molecule has 1 unspecified atom stereocenters. The van der Waals surface area contributed by atoms with Gasteiger partial charge in [-0.2, -0.15) is 0 Å². The van der Waals surface area contributed by atoms with Crippen molar-refractivity contribution in [2.24, 2.45) is 0 Å². The number of hydrogen-bond acceptors (Lipinski definition) is 6. The standard InChI is InChI=1S/C15H20N4OS2/c1-4-19(5-2)13(20)11(3)21-15-18-17-14(22-15)16-12-9-7-6-8-10-12/h6-11H,4-5H2,1-3H3,(H,16,17). The molecule has 0 aliphatic carbocycles. The van der Waals surface area contributed by atoms with E-state index in [1.165, 1.54) is 23.1 Å². The van der Waals surface area contributed by atoms with Crippen LogP contribution < -0.4 is 5.32 Å². The molecule has 2 rings (SSSR count). The molecule has 5 nitrogen and oxygen atoms in total. The molecule has 1 atom stereocenters. The molecule has 0 spiro atoms. The normalized spacial score (nSPS) is 12.0. The lowest BCUT2D eigenvalue weighted by atomic mass is 10.3. The number of amides is 1. The van der Waals surface area contributed by atoms with Crippen molar-refractivity contribution in [3.05, 3.63) is 30.3 Å². The Morgan fingerprint density at radius 3 is 2.59 bits per heavy atom. The number of carbonyl (C=O) groups excluding carboxylic acids is 1. The Kier molecular flexibility index (Phi) is 6.21. The molecule has 7 heteroatoms. The van der Waals surface area contributed by atoms with E-state index < -0.39 is 0 Å². The van der Waals surface area contributed by atoms with E-state index in [4.69, 9.17) is 0 Å². The van der Waals surface area contributed by atoms with Gasteiger partial charge in [0.1, 0.15) is 0 Å². The van der Waals surface area contributed by atoms with E-state index in [0.717, 1.165) is 28.2 Å². The van der Waals surface area contributed by atoms with E-state index in [1.54, 1.807) is 0 Å². The summed E-state index contributed by atoms with van der Waals surface area (Å²) in [6.45, 7) is 7.36. The molecule has 0 radical (unpaired) electrons. The first-order chi connectivity index (χ1) is 10.6. The largest absolute Gasteiger partial charge is 0.342 e. The number of benzene rings is 1. The zero-order valence-corrected chi connectivity index (χ0v) is 14.6. The summed E-state index contributed by atoms with van der Waals surface area (Å²) in [6.07, 6.45) is 0. The molecule has 1 heterocycles. The summed E-state index contributed by atoms with van der Waals surface area (Å²) >= 11 is 2.92. The van der Waals surface area contributed by atoms with Gasteiger partial charge >= 0.3 is 0 Å². The van der Waals surface area contributed by atoms with Crippen LogP contribution in [0.15, 0.2) is 34.7 Å². The van der Waals surface area contributed by atoms with Crippen LogP contribution in [-0.4, -0.2) is 39.3 Å². The molecule has 0 aliphatic rings. The molecule has 2 aromatic rings. The fourth-order valence-electron chi connectivity index (χ4n) is 1.95. The van der Waals surface area contributed by atoms with Crippen LogP contribution in [0.1, 0.15) is 20.8 Å². The van der Waals surface area contributed by atoms with Gasteiger partial charge in [-0.1, -0.05) is 41.3 Å². The highest BCUT2D eigenvalue weighted by Crippen LogP contribution is 2.30. The van der Waals surface area contributed by atoms with Crippen molar-refractivity contribution in [1.29, 1.82) is 0 Å². The minimum absolute atomic E-state index is 0.141. The van der Waals surface area contributed by atoms with E-state index in [1.807, 2.05) is 56.0 Å². The second-order valence-electron chi connectivity index (χ2n) is 4.63. The van der Waals surface area contributed by atoms with Crippen LogP contribution in [0.5, 0.6) is 0 Å². The van der Waals surface area contributed by atoms with E-state index in [0.29, 0.717) is 0 Å². The molecule has 22 heavy (non-hydrogen) atoms. The summed E-state index contributed by atoms with van der Waals surface area (Å²) in [6, 6.07) is 9.84. The number of nitrogens with zero attached hydrogens (tertiary/aromatic N) is 3. The first-order valence-electron chi connectivity index (χ1n) is 7.25. The summed E-state index contributed by atoms with van der Waals surface area (Å²) < 4.78 is 0.798. The molecule has 0 fully saturated rings. The smallest absolute Gasteiger partial charge is 0.235 e. The highest BCUT2D eigenvalue weighted by Gasteiger charge is 2.21. The molecular formula is C15H20N4OS2. The minimum Gasteiger partial charge on any atom is -0.342 e. The maximum Gasteiger partial charge on any atom is 0.235 e. The van der Waals surface area contributed by atoms with E-state index >= 15 is 0 Å². The maximum atomic E-state index is 12.3. The molecule has 0 saturated carbocycles. The Morgan fingerprint density at radius 2 is 1.95 bits per heavy atom. The number of anilines is 2. The van der Waals surface area contributed by atoms with Gasteiger partial charge in [0.25, 0.3) is 0 Å². The third kappa shape index (κ3) is 4.45. The number of thioether (sulfide) groups is 1. The SMILES string of the molecule is CCN(CC)C(=O)C(C)Sc1nnc(Nc2ccccc2)s1. The summed E-state index contributed by atoms with van der Waals surface area (Å²) in [4.78, 5) is 14.1. The van der Waals surface area contributed by atoms with Crippen molar-refractivity contribution < 1.29 is 4.79 Å². The van der Waals surface area contributed by atoms with Crippen molar-refractivity contribution in [3.8, 4) is 0 Å². The number of para-hydroxylation sites is 1. The number of rotatable bonds is 7. The van der Waals surface area contributed by atoms with Crippen LogP contribution in [0.25, 0.3) is 0 Å². The third-order valence-corrected chi connectivity index (χ3v) is 5.14. The lowest BCUT2D eigenvalue weighted by Gasteiger charge is -2.21. The van der Waals surface area contributed by atoms with Gasteiger partial charge in [-0.15, -0.1) is 10.2 Å². The highest BCUT2D eigenvalue weighted by molar-refractivity contribution is 8.02. The summed E-state index contributed by atoms with van der Waals surface area (Å²) in [5.41, 5.74) is 0.975. The average Bonchev–Trinajstić information content (AvgIpc) is 2.96. The van der Waals surface area contributed by atoms with Gasteiger partial charge in [-0.25, -0.2) is 0 Å². The van der Waals surface area contributed by atoms with Crippen molar-refractivity contribution in [2.45, 2.75) is 30.4 Å². The zero-order chi connectivity index (χ0) is 15.9.